The molecule has 0 bridgehead atoms. The van der Waals surface area contributed by atoms with Gasteiger partial charge in [0.1, 0.15) is 0 Å². The summed E-state index contributed by atoms with van der Waals surface area (Å²) in [5, 5.41) is 0. The number of methoxy groups -OCH3 is 1. The highest BCUT2D eigenvalue weighted by molar-refractivity contribution is 5.13. The van der Waals surface area contributed by atoms with E-state index < -0.39 is 0 Å². The quantitative estimate of drug-likeness (QED) is 0.822. The highest BCUT2D eigenvalue weighted by Gasteiger charge is 2.14. The number of benzene rings is 1. The van der Waals surface area contributed by atoms with Crippen LogP contribution in [0, 0.1) is 0 Å². The summed E-state index contributed by atoms with van der Waals surface area (Å²) < 4.78 is 17.3. The molecule has 1 aromatic carbocycles. The molecule has 1 fully saturated rings. The summed E-state index contributed by atoms with van der Waals surface area (Å²) in [6.45, 7) is 2.13. The van der Waals surface area contributed by atoms with Gasteiger partial charge in [0.2, 0.25) is 0 Å². The van der Waals surface area contributed by atoms with Gasteiger partial charge in [-0.2, -0.15) is 0 Å². The van der Waals surface area contributed by atoms with E-state index in [0.29, 0.717) is 19.3 Å². The van der Waals surface area contributed by atoms with Gasteiger partial charge >= 0.3 is 0 Å². The zero-order valence-electron chi connectivity index (χ0n) is 13.1. The Balaban J connectivity index is 1.70. The van der Waals surface area contributed by atoms with Gasteiger partial charge in [-0.05, 0) is 24.8 Å². The van der Waals surface area contributed by atoms with E-state index in [0.717, 1.165) is 25.9 Å². The smallest absolute Gasteiger partial charge is 0.0808 e. The molecule has 1 aliphatic rings. The van der Waals surface area contributed by atoms with Crippen molar-refractivity contribution in [3.63, 3.8) is 0 Å². The predicted molar refractivity (Wildman–Crippen MR) is 84.3 cm³/mol. The van der Waals surface area contributed by atoms with Crippen LogP contribution in [-0.2, 0) is 20.8 Å². The Bertz CT molecular complexity index is 366. The zero-order valence-corrected chi connectivity index (χ0v) is 13.1. The first kappa shape index (κ1) is 16.5. The van der Waals surface area contributed by atoms with E-state index in [1.807, 2.05) is 18.2 Å². The minimum atomic E-state index is 0.226. The monoisotopic (exact) mass is 292 g/mol. The molecular weight excluding hydrogens is 264 g/mol. The number of hydrogen-bond donors (Lipinski definition) is 0. The summed E-state index contributed by atoms with van der Waals surface area (Å²) in [6.07, 6.45) is 7.58. The highest BCUT2D eigenvalue weighted by Crippen LogP contribution is 2.16. The van der Waals surface area contributed by atoms with Crippen LogP contribution in [0.4, 0.5) is 0 Å². The van der Waals surface area contributed by atoms with E-state index in [1.54, 1.807) is 7.11 Å². The second kappa shape index (κ2) is 9.93. The third-order valence-electron chi connectivity index (χ3n) is 4.09. The predicted octanol–water partition coefficient (Wildman–Crippen LogP) is 3.96. The fraction of sp³-hybridized carbons (Fsp3) is 0.667. The number of rotatable bonds is 5. The first-order valence-corrected chi connectivity index (χ1v) is 8.14. The van der Waals surface area contributed by atoms with Crippen LogP contribution in [-0.4, -0.2) is 32.5 Å². The van der Waals surface area contributed by atoms with E-state index in [4.69, 9.17) is 14.2 Å². The van der Waals surface area contributed by atoms with E-state index >= 15 is 0 Å². The minimum absolute atomic E-state index is 0.226. The van der Waals surface area contributed by atoms with Gasteiger partial charge in [-0.3, -0.25) is 0 Å². The van der Waals surface area contributed by atoms with Crippen LogP contribution in [0.2, 0.25) is 0 Å². The van der Waals surface area contributed by atoms with Crippen molar-refractivity contribution in [1.29, 1.82) is 0 Å². The Morgan fingerprint density at radius 3 is 2.67 bits per heavy atom. The molecule has 1 unspecified atom stereocenters. The van der Waals surface area contributed by atoms with Gasteiger partial charge in [0, 0.05) is 13.7 Å². The molecule has 0 aromatic heterocycles. The number of ether oxygens (including phenoxy) is 3. The third kappa shape index (κ3) is 6.60. The first-order chi connectivity index (χ1) is 10.4. The topological polar surface area (TPSA) is 27.7 Å². The molecule has 2 atom stereocenters. The lowest BCUT2D eigenvalue weighted by atomic mass is 10.0. The van der Waals surface area contributed by atoms with Crippen LogP contribution in [0.15, 0.2) is 30.3 Å². The van der Waals surface area contributed by atoms with Crippen molar-refractivity contribution in [2.45, 2.75) is 57.3 Å². The molecule has 0 aliphatic carbocycles. The molecule has 3 heteroatoms. The van der Waals surface area contributed by atoms with Crippen molar-refractivity contribution >= 4 is 0 Å². The van der Waals surface area contributed by atoms with Crippen LogP contribution in [0.5, 0.6) is 0 Å². The molecule has 3 nitrogen and oxygen atoms in total. The maximum Gasteiger partial charge on any atom is 0.0808 e. The van der Waals surface area contributed by atoms with Crippen LogP contribution >= 0.6 is 0 Å². The van der Waals surface area contributed by atoms with Crippen LogP contribution in [0.1, 0.15) is 44.1 Å². The summed E-state index contributed by atoms with van der Waals surface area (Å²) in [5.74, 6) is 0. The van der Waals surface area contributed by atoms with Crippen LogP contribution in [0.3, 0.4) is 0 Å². The van der Waals surface area contributed by atoms with Gasteiger partial charge in [0.05, 0.1) is 25.4 Å². The lowest BCUT2D eigenvalue weighted by Crippen LogP contribution is -2.24. The van der Waals surface area contributed by atoms with Crippen LogP contribution < -0.4 is 0 Å². The summed E-state index contributed by atoms with van der Waals surface area (Å²) in [5.41, 5.74) is 1.22. The SMILES string of the molecule is COC1CCCCC[C@@H](COCc2ccccc2)OCC1. The molecule has 1 heterocycles. The fourth-order valence-electron chi connectivity index (χ4n) is 2.76. The molecule has 1 aromatic rings. The molecule has 21 heavy (non-hydrogen) atoms. The average Bonchev–Trinajstić information content (AvgIpc) is 2.54. The van der Waals surface area contributed by atoms with E-state index in [1.165, 1.54) is 24.8 Å². The highest BCUT2D eigenvalue weighted by atomic mass is 16.5. The molecule has 0 saturated carbocycles. The van der Waals surface area contributed by atoms with Crippen molar-refractivity contribution in [3.8, 4) is 0 Å². The summed E-state index contributed by atoms with van der Waals surface area (Å²) >= 11 is 0. The standard InChI is InChI=1S/C18H28O3/c1-19-17-10-6-3-7-11-18(21-13-12-17)15-20-14-16-8-4-2-5-9-16/h2,4-5,8-9,17-18H,3,6-7,10-15H2,1H3/t17?,18-/m0/s1. The molecule has 2 rings (SSSR count). The lowest BCUT2D eigenvalue weighted by molar-refractivity contribution is -0.0423. The fourth-order valence-corrected chi connectivity index (χ4v) is 2.76. The molecule has 0 amide bonds. The zero-order chi connectivity index (χ0) is 14.8. The second-order valence-electron chi connectivity index (χ2n) is 5.78. The van der Waals surface area contributed by atoms with Gasteiger partial charge in [-0.1, -0.05) is 49.6 Å². The molecule has 0 spiro atoms. The normalized spacial score (nSPS) is 24.6. The van der Waals surface area contributed by atoms with Crippen molar-refractivity contribution in [2.24, 2.45) is 0 Å². The molecule has 1 saturated heterocycles. The summed E-state index contributed by atoms with van der Waals surface area (Å²) in [4.78, 5) is 0. The minimum Gasteiger partial charge on any atom is -0.381 e. The molecular formula is C18H28O3. The van der Waals surface area contributed by atoms with Crippen LogP contribution in [0.25, 0.3) is 0 Å². The van der Waals surface area contributed by atoms with E-state index in [9.17, 15) is 0 Å². The van der Waals surface area contributed by atoms with Gasteiger partial charge in [-0.15, -0.1) is 0 Å². The Hall–Kier alpha value is -0.900. The van der Waals surface area contributed by atoms with Gasteiger partial charge in [0.15, 0.2) is 0 Å². The maximum atomic E-state index is 5.98. The Morgan fingerprint density at radius 2 is 1.86 bits per heavy atom. The van der Waals surface area contributed by atoms with Crippen molar-refractivity contribution < 1.29 is 14.2 Å². The first-order valence-electron chi connectivity index (χ1n) is 8.14. The van der Waals surface area contributed by atoms with Gasteiger partial charge in [-0.25, -0.2) is 0 Å². The van der Waals surface area contributed by atoms with E-state index in [2.05, 4.69) is 12.1 Å². The van der Waals surface area contributed by atoms with Gasteiger partial charge in [0.25, 0.3) is 0 Å². The Kier molecular flexibility index (Phi) is 7.79. The Labute approximate surface area is 128 Å². The van der Waals surface area contributed by atoms with Crippen molar-refractivity contribution in [2.75, 3.05) is 20.3 Å². The average molecular weight is 292 g/mol. The third-order valence-corrected chi connectivity index (χ3v) is 4.09. The number of hydrogen-bond acceptors (Lipinski definition) is 3. The summed E-state index contributed by atoms with van der Waals surface area (Å²) in [7, 11) is 1.80. The largest absolute Gasteiger partial charge is 0.381 e. The lowest BCUT2D eigenvalue weighted by Gasteiger charge is -2.22. The van der Waals surface area contributed by atoms with E-state index in [-0.39, 0.29) is 6.10 Å². The Morgan fingerprint density at radius 1 is 1.05 bits per heavy atom. The molecule has 1 aliphatic heterocycles. The maximum absolute atomic E-state index is 5.98. The van der Waals surface area contributed by atoms with Crippen molar-refractivity contribution in [1.82, 2.24) is 0 Å². The molecule has 0 N–H and O–H groups in total. The van der Waals surface area contributed by atoms with Crippen molar-refractivity contribution in [3.05, 3.63) is 35.9 Å². The summed E-state index contributed by atoms with van der Waals surface area (Å²) in [6, 6.07) is 10.3. The second-order valence-corrected chi connectivity index (χ2v) is 5.78. The van der Waals surface area contributed by atoms with Gasteiger partial charge < -0.3 is 14.2 Å². The molecule has 118 valence electrons. The molecule has 0 radical (unpaired) electrons.